The van der Waals surface area contributed by atoms with Crippen LogP contribution in [0, 0.1) is 0 Å². The topological polar surface area (TPSA) is 131 Å². The number of rotatable bonds is 40. The Balaban J connectivity index is 4.21. The average Bonchev–Trinajstić information content (AvgIpc) is 3.16. The van der Waals surface area contributed by atoms with Crippen molar-refractivity contribution in [2.24, 2.45) is 5.73 Å². The second-order valence-corrected chi connectivity index (χ2v) is 16.0. The van der Waals surface area contributed by atoms with Crippen LogP contribution < -0.4 is 11.1 Å². The van der Waals surface area contributed by atoms with Gasteiger partial charge in [-0.2, -0.15) is 0 Å². The molecule has 5 N–H and O–H groups in total. The lowest BCUT2D eigenvalue weighted by atomic mass is 10.0. The lowest BCUT2D eigenvalue weighted by molar-refractivity contribution is -0.123. The van der Waals surface area contributed by atoms with Crippen LogP contribution in [0.5, 0.6) is 0 Å². The van der Waals surface area contributed by atoms with Gasteiger partial charge in [0.05, 0.1) is 25.4 Å². The Kier molecular flexibility index (Phi) is 39.5. The third kappa shape index (κ3) is 38.5. The summed E-state index contributed by atoms with van der Waals surface area (Å²) in [5.41, 5.74) is 5.37. The molecule has 3 unspecified atom stereocenters. The van der Waals surface area contributed by atoms with Gasteiger partial charge in [0.2, 0.25) is 5.91 Å². The molecule has 0 saturated heterocycles. The minimum absolute atomic E-state index is 0.0746. The molecule has 0 aliphatic carbocycles. The van der Waals surface area contributed by atoms with Gasteiger partial charge in [-0.3, -0.25) is 13.8 Å². The molecule has 0 rings (SSSR count). The van der Waals surface area contributed by atoms with Gasteiger partial charge >= 0.3 is 7.82 Å². The highest BCUT2D eigenvalue weighted by molar-refractivity contribution is 7.47. The lowest BCUT2D eigenvalue weighted by Crippen LogP contribution is -2.45. The van der Waals surface area contributed by atoms with Crippen molar-refractivity contribution >= 4 is 13.7 Å². The Hall–Kier alpha value is -1.80. The smallest absolute Gasteiger partial charge is 0.387 e. The first-order chi connectivity index (χ1) is 26.4. The summed E-state index contributed by atoms with van der Waals surface area (Å²) in [7, 11) is -4.34. The third-order valence-corrected chi connectivity index (χ3v) is 10.3. The number of aliphatic hydroxyl groups is 1. The lowest BCUT2D eigenvalue weighted by Gasteiger charge is -2.23. The van der Waals surface area contributed by atoms with E-state index in [2.05, 4.69) is 67.8 Å². The first kappa shape index (κ1) is 52.2. The van der Waals surface area contributed by atoms with E-state index >= 15 is 0 Å². The summed E-state index contributed by atoms with van der Waals surface area (Å²) in [5, 5.41) is 13.7. The normalized spacial score (nSPS) is 14.7. The minimum atomic E-state index is -4.34. The summed E-state index contributed by atoms with van der Waals surface area (Å²) in [4.78, 5) is 22.7. The van der Waals surface area contributed by atoms with Gasteiger partial charge in [0.1, 0.15) is 0 Å². The van der Waals surface area contributed by atoms with Crippen LogP contribution in [-0.2, 0) is 18.4 Å². The Morgan fingerprint density at radius 1 is 0.630 bits per heavy atom. The Morgan fingerprint density at radius 2 is 1.07 bits per heavy atom. The number of hydrogen-bond acceptors (Lipinski definition) is 6. The molecule has 0 aromatic carbocycles. The van der Waals surface area contributed by atoms with Crippen molar-refractivity contribution < 1.29 is 28.4 Å². The summed E-state index contributed by atoms with van der Waals surface area (Å²) in [6.45, 7) is 4.01. The molecular formula is C45H83N2O6P. The molecule has 9 heteroatoms. The molecule has 0 spiro atoms. The van der Waals surface area contributed by atoms with E-state index in [9.17, 15) is 19.4 Å². The predicted octanol–water partition coefficient (Wildman–Crippen LogP) is 12.3. The zero-order valence-corrected chi connectivity index (χ0v) is 35.6. The largest absolute Gasteiger partial charge is 0.472 e. The van der Waals surface area contributed by atoms with E-state index in [0.717, 1.165) is 70.6 Å². The summed E-state index contributed by atoms with van der Waals surface area (Å²) >= 11 is 0. The quantitative estimate of drug-likeness (QED) is 0.0277. The highest BCUT2D eigenvalue weighted by Crippen LogP contribution is 2.43. The fourth-order valence-electron chi connectivity index (χ4n) is 6.06. The third-order valence-electron chi connectivity index (χ3n) is 9.35. The van der Waals surface area contributed by atoms with Gasteiger partial charge < -0.3 is 21.1 Å². The maximum Gasteiger partial charge on any atom is 0.472 e. The van der Waals surface area contributed by atoms with Crippen LogP contribution >= 0.6 is 7.82 Å². The average molecular weight is 779 g/mol. The molecule has 0 bridgehead atoms. The van der Waals surface area contributed by atoms with E-state index in [4.69, 9.17) is 14.8 Å². The van der Waals surface area contributed by atoms with Gasteiger partial charge in [-0.25, -0.2) is 4.57 Å². The van der Waals surface area contributed by atoms with E-state index in [1.807, 2.05) is 6.08 Å². The zero-order chi connectivity index (χ0) is 39.6. The highest BCUT2D eigenvalue weighted by Gasteiger charge is 2.26. The number of carbonyl (C=O) groups excluding carboxylic acids is 1. The Labute approximate surface area is 332 Å². The molecule has 0 aliphatic rings. The van der Waals surface area contributed by atoms with Crippen LogP contribution in [0.4, 0.5) is 0 Å². The Bertz CT molecular complexity index is 1030. The number of phosphoric ester groups is 1. The summed E-state index contributed by atoms with van der Waals surface area (Å²) in [5.74, 6) is -0.205. The minimum Gasteiger partial charge on any atom is -0.387 e. The van der Waals surface area contributed by atoms with Crippen LogP contribution in [0.25, 0.3) is 0 Å². The van der Waals surface area contributed by atoms with Crippen molar-refractivity contribution in [2.45, 2.75) is 199 Å². The van der Waals surface area contributed by atoms with Crippen molar-refractivity contribution in [1.82, 2.24) is 5.32 Å². The molecule has 0 radical (unpaired) electrons. The Morgan fingerprint density at radius 3 is 1.57 bits per heavy atom. The number of unbranched alkanes of at least 4 members (excludes halogenated alkanes) is 20. The van der Waals surface area contributed by atoms with Crippen LogP contribution in [-0.4, -0.2) is 47.8 Å². The monoisotopic (exact) mass is 779 g/mol. The number of phosphoric acid groups is 1. The predicted molar refractivity (Wildman–Crippen MR) is 230 cm³/mol. The number of hydrogen-bond donors (Lipinski definition) is 4. The molecule has 54 heavy (non-hydrogen) atoms. The summed E-state index contributed by atoms with van der Waals surface area (Å²) in [6, 6.07) is -0.866. The molecule has 314 valence electrons. The van der Waals surface area contributed by atoms with Crippen molar-refractivity contribution in [1.29, 1.82) is 0 Å². The van der Waals surface area contributed by atoms with E-state index in [-0.39, 0.29) is 25.7 Å². The van der Waals surface area contributed by atoms with Crippen molar-refractivity contribution in [3.05, 3.63) is 60.8 Å². The SMILES string of the molecule is CC/C=C\C/C=C\C/C=C\C/C=C\CCCCCCCCCCC(=O)NC(COP(=O)(O)OCCN)C(O)/C=C/CCCCCCCCCCCCCC. The highest BCUT2D eigenvalue weighted by atomic mass is 31.2. The van der Waals surface area contributed by atoms with E-state index in [1.165, 1.54) is 96.3 Å². The molecule has 8 nitrogen and oxygen atoms in total. The second-order valence-electron chi connectivity index (χ2n) is 14.5. The van der Waals surface area contributed by atoms with Crippen LogP contribution in [0.15, 0.2) is 60.8 Å². The van der Waals surface area contributed by atoms with Gasteiger partial charge in [-0.05, 0) is 57.8 Å². The van der Waals surface area contributed by atoms with Gasteiger partial charge in [0.25, 0.3) is 0 Å². The van der Waals surface area contributed by atoms with E-state index < -0.39 is 20.0 Å². The molecular weight excluding hydrogens is 695 g/mol. The van der Waals surface area contributed by atoms with Gasteiger partial charge in [-0.1, -0.05) is 184 Å². The number of amides is 1. The van der Waals surface area contributed by atoms with Crippen LogP contribution in [0.2, 0.25) is 0 Å². The number of nitrogens with one attached hydrogen (secondary N) is 1. The van der Waals surface area contributed by atoms with Gasteiger partial charge in [0.15, 0.2) is 0 Å². The van der Waals surface area contributed by atoms with Crippen LogP contribution in [0.3, 0.4) is 0 Å². The molecule has 0 saturated carbocycles. The second kappa shape index (κ2) is 40.9. The molecule has 0 aromatic heterocycles. The zero-order valence-electron chi connectivity index (χ0n) is 34.7. The van der Waals surface area contributed by atoms with Crippen molar-refractivity contribution in [2.75, 3.05) is 19.8 Å². The number of nitrogens with two attached hydrogens (primary N) is 1. The first-order valence-electron chi connectivity index (χ1n) is 21.9. The molecule has 1 amide bonds. The molecule has 0 heterocycles. The van der Waals surface area contributed by atoms with E-state index in [0.29, 0.717) is 6.42 Å². The molecule has 0 fully saturated rings. The number of carbonyl (C=O) groups is 1. The maximum atomic E-state index is 12.8. The maximum absolute atomic E-state index is 12.8. The number of allylic oxidation sites excluding steroid dienone is 9. The standard InChI is InChI=1S/C45H83N2O6P/c1-3-5-7-9-11-13-15-17-19-20-21-22-23-24-25-27-29-31-33-35-37-39-45(49)47-43(42-53-54(50,51)52-41-40-46)44(48)38-36-34-32-30-28-26-18-16-14-12-10-8-6-4-2/h5,7,11,13,17,19,21-22,36,38,43-44,48H,3-4,6,8-10,12,14-16,18,20,23-35,37,39-42,46H2,1-2H3,(H,47,49)(H,50,51)/b7-5-,13-11-,19-17-,22-21-,38-36+. The molecule has 3 atom stereocenters. The van der Waals surface area contributed by atoms with Crippen molar-refractivity contribution in [3.8, 4) is 0 Å². The molecule has 0 aromatic rings. The van der Waals surface area contributed by atoms with Crippen molar-refractivity contribution in [3.63, 3.8) is 0 Å². The fraction of sp³-hybridized carbons (Fsp3) is 0.756. The number of aliphatic hydroxyl groups excluding tert-OH is 1. The fourth-order valence-corrected chi connectivity index (χ4v) is 6.82. The van der Waals surface area contributed by atoms with Gasteiger partial charge in [-0.15, -0.1) is 0 Å². The van der Waals surface area contributed by atoms with Crippen LogP contribution in [0.1, 0.15) is 187 Å². The summed E-state index contributed by atoms with van der Waals surface area (Å²) < 4.78 is 22.1. The van der Waals surface area contributed by atoms with Gasteiger partial charge in [0, 0.05) is 13.0 Å². The summed E-state index contributed by atoms with van der Waals surface area (Å²) in [6.07, 6.45) is 51.2. The molecule has 0 aliphatic heterocycles. The first-order valence-corrected chi connectivity index (χ1v) is 23.4. The van der Waals surface area contributed by atoms with E-state index in [1.54, 1.807) is 6.08 Å².